The highest BCUT2D eigenvalue weighted by Crippen LogP contribution is 2.19. The third-order valence-corrected chi connectivity index (χ3v) is 5.24. The van der Waals surface area contributed by atoms with E-state index in [0.29, 0.717) is 11.3 Å². The number of likely N-dealkylation sites (N-methyl/N-ethyl adjacent to an activating group) is 1. The van der Waals surface area contributed by atoms with Crippen LogP contribution in [-0.2, 0) is 18.3 Å². The number of benzene rings is 1. The normalized spacial score (nSPS) is 14.9. The molecule has 2 aromatic rings. The van der Waals surface area contributed by atoms with Crippen molar-refractivity contribution in [3.05, 3.63) is 56.4 Å². The Labute approximate surface area is 163 Å². The number of aryl methyl sites for hydroxylation is 1. The topological polar surface area (TPSA) is 90.4 Å². The maximum atomic E-state index is 12.3. The molecule has 0 unspecified atom stereocenters. The molecule has 8 nitrogen and oxygen atoms in total. The number of anilines is 2. The van der Waals surface area contributed by atoms with E-state index < -0.39 is 5.69 Å². The Kier molecular flexibility index (Phi) is 5.99. The molecular formula is C20H27N5O3. The second kappa shape index (κ2) is 8.43. The van der Waals surface area contributed by atoms with Crippen LogP contribution in [0.4, 0.5) is 11.4 Å². The fourth-order valence-electron chi connectivity index (χ4n) is 3.35. The van der Waals surface area contributed by atoms with E-state index in [-0.39, 0.29) is 24.3 Å². The highest BCUT2D eigenvalue weighted by atomic mass is 16.2. The Bertz CT molecular complexity index is 953. The number of aromatic amines is 1. The van der Waals surface area contributed by atoms with Crippen molar-refractivity contribution in [2.75, 3.05) is 43.4 Å². The molecule has 1 aliphatic rings. The average Bonchev–Trinajstić information content (AvgIpc) is 2.67. The molecule has 0 bridgehead atoms. The van der Waals surface area contributed by atoms with Crippen LogP contribution in [0.3, 0.4) is 0 Å². The van der Waals surface area contributed by atoms with Gasteiger partial charge in [-0.2, -0.15) is 0 Å². The number of H-pyrrole nitrogens is 1. The van der Waals surface area contributed by atoms with Gasteiger partial charge in [0.2, 0.25) is 5.91 Å². The van der Waals surface area contributed by atoms with Crippen LogP contribution in [0.15, 0.2) is 33.9 Å². The average molecular weight is 385 g/mol. The van der Waals surface area contributed by atoms with Crippen molar-refractivity contribution in [3.63, 3.8) is 0 Å². The van der Waals surface area contributed by atoms with Crippen LogP contribution < -0.4 is 21.5 Å². The van der Waals surface area contributed by atoms with E-state index in [1.54, 1.807) is 6.92 Å². The molecule has 150 valence electrons. The first-order valence-corrected chi connectivity index (χ1v) is 9.47. The number of hydrogen-bond acceptors (Lipinski definition) is 5. The molecule has 1 aromatic heterocycles. The molecule has 1 aromatic carbocycles. The van der Waals surface area contributed by atoms with Gasteiger partial charge in [0.05, 0.1) is 0 Å². The zero-order valence-electron chi connectivity index (χ0n) is 16.6. The summed E-state index contributed by atoms with van der Waals surface area (Å²) in [4.78, 5) is 43.3. The zero-order valence-corrected chi connectivity index (χ0v) is 16.6. The largest absolute Gasteiger partial charge is 0.369 e. The first-order valence-electron chi connectivity index (χ1n) is 9.47. The highest BCUT2D eigenvalue weighted by molar-refractivity contribution is 5.91. The second-order valence-corrected chi connectivity index (χ2v) is 7.28. The molecule has 8 heteroatoms. The van der Waals surface area contributed by atoms with Crippen LogP contribution in [0.5, 0.6) is 0 Å². The molecule has 3 rings (SSSR count). The summed E-state index contributed by atoms with van der Waals surface area (Å²) in [5.41, 5.74) is 2.05. The number of nitrogens with zero attached hydrogens (tertiary/aromatic N) is 3. The third kappa shape index (κ3) is 4.51. The first kappa shape index (κ1) is 19.9. The minimum atomic E-state index is -0.448. The van der Waals surface area contributed by atoms with Crippen molar-refractivity contribution in [2.45, 2.75) is 19.8 Å². The Morgan fingerprint density at radius 2 is 1.71 bits per heavy atom. The lowest BCUT2D eigenvalue weighted by Crippen LogP contribution is -2.44. The van der Waals surface area contributed by atoms with Crippen LogP contribution in [-0.4, -0.2) is 53.6 Å². The van der Waals surface area contributed by atoms with Crippen molar-refractivity contribution >= 4 is 17.3 Å². The van der Waals surface area contributed by atoms with Gasteiger partial charge in [-0.05, 0) is 44.7 Å². The van der Waals surface area contributed by atoms with Crippen LogP contribution >= 0.6 is 0 Å². The fourth-order valence-corrected chi connectivity index (χ4v) is 3.35. The van der Waals surface area contributed by atoms with Gasteiger partial charge in [0.15, 0.2) is 0 Å². The monoisotopic (exact) mass is 385 g/mol. The molecule has 0 spiro atoms. The molecule has 1 aliphatic heterocycles. The maximum absolute atomic E-state index is 12.3. The van der Waals surface area contributed by atoms with E-state index in [2.05, 4.69) is 27.1 Å². The minimum Gasteiger partial charge on any atom is -0.369 e. The molecule has 1 fully saturated rings. The predicted octanol–water partition coefficient (Wildman–Crippen LogP) is 0.705. The lowest BCUT2D eigenvalue weighted by atomic mass is 10.1. The number of aromatic nitrogens is 2. The van der Waals surface area contributed by atoms with E-state index >= 15 is 0 Å². The lowest BCUT2D eigenvalue weighted by Gasteiger charge is -2.34. The summed E-state index contributed by atoms with van der Waals surface area (Å²) in [5, 5.41) is 2.87. The van der Waals surface area contributed by atoms with Gasteiger partial charge >= 0.3 is 5.69 Å². The summed E-state index contributed by atoms with van der Waals surface area (Å²) >= 11 is 0. The predicted molar refractivity (Wildman–Crippen MR) is 110 cm³/mol. The molecule has 2 N–H and O–H groups in total. The smallest absolute Gasteiger partial charge is 0.328 e. The molecule has 0 aliphatic carbocycles. The standard InChI is InChI=1S/C20H27N5O3/c1-14-17(19(27)24(3)20(28)21-14)8-9-18(26)22-15-4-6-16(7-5-15)25-12-10-23(2)11-13-25/h4-7H,8-13H2,1-3H3,(H,21,28)(H,22,26). The summed E-state index contributed by atoms with van der Waals surface area (Å²) < 4.78 is 1.03. The van der Waals surface area contributed by atoms with Crippen LogP contribution in [0.2, 0.25) is 0 Å². The van der Waals surface area contributed by atoms with E-state index in [0.717, 1.165) is 42.1 Å². The van der Waals surface area contributed by atoms with Gasteiger partial charge < -0.3 is 20.1 Å². The van der Waals surface area contributed by atoms with E-state index in [1.807, 2.05) is 24.3 Å². The van der Waals surface area contributed by atoms with Crippen molar-refractivity contribution < 1.29 is 4.79 Å². The minimum absolute atomic E-state index is 0.167. The lowest BCUT2D eigenvalue weighted by molar-refractivity contribution is -0.116. The Balaban J connectivity index is 1.58. The number of carbonyl (C=O) groups excluding carboxylic acids is 1. The molecule has 28 heavy (non-hydrogen) atoms. The Morgan fingerprint density at radius 3 is 2.36 bits per heavy atom. The van der Waals surface area contributed by atoms with Gasteiger partial charge in [-0.1, -0.05) is 0 Å². The van der Waals surface area contributed by atoms with E-state index in [4.69, 9.17) is 0 Å². The van der Waals surface area contributed by atoms with E-state index in [9.17, 15) is 14.4 Å². The molecular weight excluding hydrogens is 358 g/mol. The summed E-state index contributed by atoms with van der Waals surface area (Å²) in [7, 11) is 3.55. The van der Waals surface area contributed by atoms with Crippen molar-refractivity contribution in [3.8, 4) is 0 Å². The number of piperazine rings is 1. The summed E-state index contributed by atoms with van der Waals surface area (Å²) in [5.74, 6) is -0.167. The van der Waals surface area contributed by atoms with Crippen LogP contribution in [0, 0.1) is 6.92 Å². The van der Waals surface area contributed by atoms with Crippen molar-refractivity contribution in [2.24, 2.45) is 7.05 Å². The molecule has 0 saturated carbocycles. The maximum Gasteiger partial charge on any atom is 0.328 e. The van der Waals surface area contributed by atoms with Crippen molar-refractivity contribution in [1.82, 2.24) is 14.5 Å². The molecule has 1 amide bonds. The second-order valence-electron chi connectivity index (χ2n) is 7.28. The third-order valence-electron chi connectivity index (χ3n) is 5.24. The van der Waals surface area contributed by atoms with Gasteiger partial charge in [-0.15, -0.1) is 0 Å². The fraction of sp³-hybridized carbons (Fsp3) is 0.450. The Hall–Kier alpha value is -2.87. The summed E-state index contributed by atoms with van der Waals surface area (Å²) in [6.45, 7) is 5.75. The first-order chi connectivity index (χ1) is 13.3. The van der Waals surface area contributed by atoms with Gasteiger partial charge in [0.1, 0.15) is 0 Å². The SMILES string of the molecule is Cc1[nH]c(=O)n(C)c(=O)c1CCC(=O)Nc1ccc(N2CCN(C)CC2)cc1. The molecule has 0 radical (unpaired) electrons. The summed E-state index contributed by atoms with van der Waals surface area (Å²) in [6, 6.07) is 7.83. The van der Waals surface area contributed by atoms with Gasteiger partial charge in [-0.25, -0.2) is 4.79 Å². The quantitative estimate of drug-likeness (QED) is 0.791. The molecule has 2 heterocycles. The number of carbonyl (C=O) groups is 1. The Morgan fingerprint density at radius 1 is 1.07 bits per heavy atom. The molecule has 0 atom stereocenters. The van der Waals surface area contributed by atoms with Crippen LogP contribution in [0.1, 0.15) is 17.7 Å². The number of nitrogens with one attached hydrogen (secondary N) is 2. The summed E-state index contributed by atoms with van der Waals surface area (Å²) in [6.07, 6.45) is 0.447. The van der Waals surface area contributed by atoms with Crippen molar-refractivity contribution in [1.29, 1.82) is 0 Å². The highest BCUT2D eigenvalue weighted by Gasteiger charge is 2.15. The number of hydrogen-bond donors (Lipinski definition) is 2. The van der Waals surface area contributed by atoms with Gasteiger partial charge in [-0.3, -0.25) is 14.2 Å². The number of amides is 1. The van der Waals surface area contributed by atoms with Crippen LogP contribution in [0.25, 0.3) is 0 Å². The zero-order chi connectivity index (χ0) is 20.3. The van der Waals surface area contributed by atoms with E-state index in [1.165, 1.54) is 7.05 Å². The number of rotatable bonds is 5. The van der Waals surface area contributed by atoms with Gasteiger partial charge in [0, 0.05) is 62.3 Å². The molecule has 1 saturated heterocycles. The van der Waals surface area contributed by atoms with Gasteiger partial charge in [0.25, 0.3) is 5.56 Å².